The first-order valence-corrected chi connectivity index (χ1v) is 8.26. The van der Waals surface area contributed by atoms with Crippen molar-refractivity contribution in [3.05, 3.63) is 28.8 Å². The average molecular weight is 303 g/mol. The molecule has 1 aromatic carbocycles. The molecule has 19 heavy (non-hydrogen) atoms. The molecular formula is C13H19ClN2O2S. The Morgan fingerprint density at radius 1 is 1.42 bits per heavy atom. The molecule has 106 valence electrons. The van der Waals surface area contributed by atoms with E-state index >= 15 is 0 Å². The maximum absolute atomic E-state index is 12.7. The van der Waals surface area contributed by atoms with Crippen molar-refractivity contribution in [3.8, 4) is 0 Å². The van der Waals surface area contributed by atoms with Crippen LogP contribution in [0.25, 0.3) is 0 Å². The number of benzene rings is 1. The van der Waals surface area contributed by atoms with Gasteiger partial charge in [0.25, 0.3) is 0 Å². The van der Waals surface area contributed by atoms with Crippen LogP contribution in [-0.4, -0.2) is 31.9 Å². The highest BCUT2D eigenvalue weighted by atomic mass is 35.5. The number of hydrogen-bond donors (Lipinski definition) is 1. The first kappa shape index (κ1) is 14.8. The van der Waals surface area contributed by atoms with Crippen LogP contribution in [0.1, 0.15) is 24.8 Å². The van der Waals surface area contributed by atoms with Gasteiger partial charge in [0.2, 0.25) is 10.0 Å². The second-order valence-corrected chi connectivity index (χ2v) is 7.21. The fraction of sp³-hybridized carbons (Fsp3) is 0.538. The lowest BCUT2D eigenvalue weighted by atomic mass is 10.1. The van der Waals surface area contributed by atoms with Crippen LogP contribution in [0.15, 0.2) is 23.1 Å². The topological polar surface area (TPSA) is 63.4 Å². The normalized spacial score (nSPS) is 21.5. The van der Waals surface area contributed by atoms with Crippen LogP contribution in [0.3, 0.4) is 0 Å². The molecule has 6 heteroatoms. The summed E-state index contributed by atoms with van der Waals surface area (Å²) >= 11 is 5.92. The number of halogens is 1. The standard InChI is InChI=1S/C13H19ClN2O2S/c1-10-5-6-11(14)8-13(10)19(17,18)16-7-3-2-4-12(16)9-15/h5-6,8,12H,2-4,7,9,15H2,1H3. The third kappa shape index (κ3) is 2.94. The fourth-order valence-corrected chi connectivity index (χ4v) is 4.70. The predicted molar refractivity (Wildman–Crippen MR) is 76.8 cm³/mol. The summed E-state index contributed by atoms with van der Waals surface area (Å²) in [6.45, 7) is 2.68. The van der Waals surface area contributed by atoms with Gasteiger partial charge in [-0.2, -0.15) is 4.31 Å². The Bertz CT molecular complexity index is 560. The van der Waals surface area contributed by atoms with Crippen molar-refractivity contribution >= 4 is 21.6 Å². The molecule has 1 fully saturated rings. The molecule has 1 heterocycles. The van der Waals surface area contributed by atoms with Gasteiger partial charge in [-0.15, -0.1) is 0 Å². The Morgan fingerprint density at radius 3 is 2.84 bits per heavy atom. The van der Waals surface area contributed by atoms with Gasteiger partial charge in [0.1, 0.15) is 0 Å². The largest absolute Gasteiger partial charge is 0.329 e. The van der Waals surface area contributed by atoms with Gasteiger partial charge in [0.05, 0.1) is 4.90 Å². The summed E-state index contributed by atoms with van der Waals surface area (Å²) < 4.78 is 27.0. The maximum Gasteiger partial charge on any atom is 0.243 e. The number of aryl methyl sites for hydroxylation is 1. The Morgan fingerprint density at radius 2 is 2.16 bits per heavy atom. The van der Waals surface area contributed by atoms with Crippen LogP contribution in [0.5, 0.6) is 0 Å². The maximum atomic E-state index is 12.7. The third-order valence-corrected chi connectivity index (χ3v) is 5.91. The van der Waals surface area contributed by atoms with E-state index in [1.165, 1.54) is 10.4 Å². The molecule has 0 aliphatic carbocycles. The lowest BCUT2D eigenvalue weighted by Crippen LogP contribution is -2.47. The van der Waals surface area contributed by atoms with Crippen molar-refractivity contribution in [2.24, 2.45) is 5.73 Å². The van der Waals surface area contributed by atoms with Crippen LogP contribution in [0.4, 0.5) is 0 Å². The Balaban J connectivity index is 2.43. The van der Waals surface area contributed by atoms with E-state index in [-0.39, 0.29) is 6.04 Å². The predicted octanol–water partition coefficient (Wildman–Crippen LogP) is 2.15. The summed E-state index contributed by atoms with van der Waals surface area (Å²) in [7, 11) is -3.51. The van der Waals surface area contributed by atoms with Gasteiger partial charge in [0.15, 0.2) is 0 Å². The second kappa shape index (κ2) is 5.79. The van der Waals surface area contributed by atoms with Crippen LogP contribution in [-0.2, 0) is 10.0 Å². The quantitative estimate of drug-likeness (QED) is 0.930. The highest BCUT2D eigenvalue weighted by molar-refractivity contribution is 7.89. The first-order valence-electron chi connectivity index (χ1n) is 6.45. The van der Waals surface area contributed by atoms with E-state index in [1.54, 1.807) is 19.1 Å². The van der Waals surface area contributed by atoms with Gasteiger partial charge in [-0.1, -0.05) is 24.1 Å². The van der Waals surface area contributed by atoms with Gasteiger partial charge >= 0.3 is 0 Å². The number of piperidine rings is 1. The van der Waals surface area contributed by atoms with Crippen molar-refractivity contribution in [3.63, 3.8) is 0 Å². The summed E-state index contributed by atoms with van der Waals surface area (Å²) in [6, 6.07) is 4.86. The minimum Gasteiger partial charge on any atom is -0.329 e. The molecule has 1 aromatic rings. The van der Waals surface area contributed by atoms with E-state index in [0.717, 1.165) is 19.3 Å². The smallest absolute Gasteiger partial charge is 0.243 e. The SMILES string of the molecule is Cc1ccc(Cl)cc1S(=O)(=O)N1CCCCC1CN. The monoisotopic (exact) mass is 302 g/mol. The van der Waals surface area contributed by atoms with E-state index in [4.69, 9.17) is 17.3 Å². The average Bonchev–Trinajstić information content (AvgIpc) is 2.41. The second-order valence-electron chi connectivity index (χ2n) is 4.91. The molecule has 0 saturated carbocycles. The molecular weight excluding hydrogens is 284 g/mol. The van der Waals surface area contributed by atoms with E-state index in [2.05, 4.69) is 0 Å². The summed E-state index contributed by atoms with van der Waals surface area (Å²) in [6.07, 6.45) is 2.74. The molecule has 0 bridgehead atoms. The lowest BCUT2D eigenvalue weighted by molar-refractivity contribution is 0.257. The molecule has 0 amide bonds. The number of rotatable bonds is 3. The molecule has 1 aliphatic rings. The third-order valence-electron chi connectivity index (χ3n) is 3.58. The van der Waals surface area contributed by atoms with Crippen LogP contribution < -0.4 is 5.73 Å². The summed E-state index contributed by atoms with van der Waals surface area (Å²) in [5.74, 6) is 0. The molecule has 0 spiro atoms. The van der Waals surface area contributed by atoms with Gasteiger partial charge in [-0.3, -0.25) is 0 Å². The molecule has 2 N–H and O–H groups in total. The highest BCUT2D eigenvalue weighted by Gasteiger charge is 2.33. The number of hydrogen-bond acceptors (Lipinski definition) is 3. The Labute approximate surface area is 119 Å². The van der Waals surface area contributed by atoms with E-state index in [9.17, 15) is 8.42 Å². The minimum atomic E-state index is -3.51. The minimum absolute atomic E-state index is 0.0999. The number of nitrogens with zero attached hydrogens (tertiary/aromatic N) is 1. The molecule has 1 unspecified atom stereocenters. The Kier molecular flexibility index (Phi) is 4.50. The van der Waals surface area contributed by atoms with E-state index in [1.807, 2.05) is 0 Å². The van der Waals surface area contributed by atoms with Gasteiger partial charge in [-0.05, 0) is 37.5 Å². The number of sulfonamides is 1. The molecule has 1 saturated heterocycles. The summed E-state index contributed by atoms with van der Waals surface area (Å²) in [5, 5.41) is 0.436. The molecule has 2 rings (SSSR count). The molecule has 0 radical (unpaired) electrons. The summed E-state index contributed by atoms with van der Waals surface area (Å²) in [5.41, 5.74) is 6.42. The molecule has 4 nitrogen and oxygen atoms in total. The van der Waals surface area contributed by atoms with Crippen molar-refractivity contribution in [1.29, 1.82) is 0 Å². The van der Waals surface area contributed by atoms with Crippen molar-refractivity contribution in [2.45, 2.75) is 37.1 Å². The van der Waals surface area contributed by atoms with Crippen LogP contribution in [0.2, 0.25) is 5.02 Å². The fourth-order valence-electron chi connectivity index (χ4n) is 2.50. The van der Waals surface area contributed by atoms with Crippen molar-refractivity contribution in [2.75, 3.05) is 13.1 Å². The molecule has 1 aliphatic heterocycles. The van der Waals surface area contributed by atoms with Crippen LogP contribution in [0, 0.1) is 6.92 Å². The van der Waals surface area contributed by atoms with Crippen molar-refractivity contribution in [1.82, 2.24) is 4.31 Å². The molecule has 1 atom stereocenters. The summed E-state index contributed by atoms with van der Waals surface area (Å²) in [4.78, 5) is 0.292. The Hall–Kier alpha value is -0.620. The number of nitrogens with two attached hydrogens (primary N) is 1. The van der Waals surface area contributed by atoms with Gasteiger partial charge in [0, 0.05) is 24.2 Å². The van der Waals surface area contributed by atoms with Gasteiger partial charge in [-0.25, -0.2) is 8.42 Å². The van der Waals surface area contributed by atoms with Crippen LogP contribution >= 0.6 is 11.6 Å². The molecule has 0 aromatic heterocycles. The lowest BCUT2D eigenvalue weighted by Gasteiger charge is -2.34. The van der Waals surface area contributed by atoms with Gasteiger partial charge < -0.3 is 5.73 Å². The zero-order chi connectivity index (χ0) is 14.0. The zero-order valence-corrected chi connectivity index (χ0v) is 12.5. The van der Waals surface area contributed by atoms with E-state index < -0.39 is 10.0 Å². The van der Waals surface area contributed by atoms with E-state index in [0.29, 0.717) is 28.6 Å². The highest BCUT2D eigenvalue weighted by Crippen LogP contribution is 2.28. The zero-order valence-electron chi connectivity index (χ0n) is 11.0. The van der Waals surface area contributed by atoms with Crippen molar-refractivity contribution < 1.29 is 8.42 Å². The first-order chi connectivity index (χ1) is 8.96.